The summed E-state index contributed by atoms with van der Waals surface area (Å²) < 4.78 is 12.4. The normalized spacial score (nSPS) is 18.9. The number of likely N-dealkylation sites (tertiary alicyclic amines) is 1. The van der Waals surface area contributed by atoms with Crippen molar-refractivity contribution in [2.24, 2.45) is 5.10 Å². The zero-order chi connectivity index (χ0) is 20.5. The number of rotatable bonds is 4. The molecule has 4 heterocycles. The number of hydrogen-bond acceptors (Lipinski definition) is 6. The SMILES string of the molecule is O=C(CSC(=S)N1CCCC1)N1N=C(c2cc3ccccc3o2)CC1c1ccco1. The Labute approximate surface area is 183 Å². The molecule has 2 aliphatic heterocycles. The zero-order valence-corrected chi connectivity index (χ0v) is 18.0. The van der Waals surface area contributed by atoms with Gasteiger partial charge in [-0.05, 0) is 37.1 Å². The Balaban J connectivity index is 1.36. The minimum Gasteiger partial charge on any atom is -0.467 e. The van der Waals surface area contributed by atoms with Crippen molar-refractivity contribution >= 4 is 50.9 Å². The van der Waals surface area contributed by atoms with E-state index in [0.29, 0.717) is 17.9 Å². The molecule has 6 nitrogen and oxygen atoms in total. The second-order valence-corrected chi connectivity index (χ2v) is 9.03. The van der Waals surface area contributed by atoms with Gasteiger partial charge in [0.25, 0.3) is 5.91 Å². The van der Waals surface area contributed by atoms with E-state index in [0.717, 1.165) is 46.9 Å². The van der Waals surface area contributed by atoms with Crippen LogP contribution in [0.4, 0.5) is 0 Å². The molecule has 0 bridgehead atoms. The molecule has 0 spiro atoms. The molecular formula is C22H21N3O3S2. The molecule has 2 aromatic heterocycles. The standard InChI is InChI=1S/C22H21N3O3S2/c26-21(14-30-22(29)24-9-3-4-10-24)25-17(19-8-5-11-27-19)13-16(23-25)20-12-15-6-1-2-7-18(15)28-20/h1-2,5-8,11-12,17H,3-4,9-10,13-14H2. The first kappa shape index (κ1) is 19.4. The quantitative estimate of drug-likeness (QED) is 0.543. The van der Waals surface area contributed by atoms with Crippen LogP contribution < -0.4 is 0 Å². The van der Waals surface area contributed by atoms with Gasteiger partial charge in [0.2, 0.25) is 0 Å². The third-order valence-corrected chi connectivity index (χ3v) is 6.94. The number of carbonyl (C=O) groups is 1. The largest absolute Gasteiger partial charge is 0.467 e. The molecule has 1 unspecified atom stereocenters. The van der Waals surface area contributed by atoms with Gasteiger partial charge in [-0.25, -0.2) is 5.01 Å². The highest BCUT2D eigenvalue weighted by molar-refractivity contribution is 8.23. The molecule has 1 aromatic carbocycles. The van der Waals surface area contributed by atoms with Gasteiger partial charge in [0.05, 0.1) is 12.0 Å². The second-order valence-electron chi connectivity index (χ2n) is 7.42. The van der Waals surface area contributed by atoms with Crippen molar-refractivity contribution in [1.82, 2.24) is 9.91 Å². The maximum absolute atomic E-state index is 13.1. The fraction of sp³-hybridized carbons (Fsp3) is 0.318. The van der Waals surface area contributed by atoms with Crippen LogP contribution in [0.5, 0.6) is 0 Å². The summed E-state index contributed by atoms with van der Waals surface area (Å²) in [7, 11) is 0. The molecule has 0 N–H and O–H groups in total. The van der Waals surface area contributed by atoms with Gasteiger partial charge in [-0.1, -0.05) is 42.2 Å². The van der Waals surface area contributed by atoms with Crippen LogP contribution >= 0.6 is 24.0 Å². The first-order valence-corrected chi connectivity index (χ1v) is 11.4. The van der Waals surface area contributed by atoms with Crippen molar-refractivity contribution in [2.45, 2.75) is 25.3 Å². The van der Waals surface area contributed by atoms with Crippen LogP contribution in [0.1, 0.15) is 36.8 Å². The van der Waals surface area contributed by atoms with E-state index in [-0.39, 0.29) is 17.7 Å². The molecule has 8 heteroatoms. The van der Waals surface area contributed by atoms with E-state index in [2.05, 4.69) is 10.0 Å². The Bertz CT molecular complexity index is 1070. The number of thiocarbonyl (C=S) groups is 1. The Morgan fingerprint density at radius 1 is 1.20 bits per heavy atom. The number of thioether (sulfide) groups is 1. The minimum atomic E-state index is -0.281. The van der Waals surface area contributed by atoms with Crippen molar-refractivity contribution in [3.8, 4) is 0 Å². The maximum atomic E-state index is 13.1. The Morgan fingerprint density at radius 2 is 2.03 bits per heavy atom. The molecule has 3 aromatic rings. The fourth-order valence-electron chi connectivity index (χ4n) is 3.90. The highest BCUT2D eigenvalue weighted by Crippen LogP contribution is 2.35. The van der Waals surface area contributed by atoms with E-state index < -0.39 is 0 Å². The summed E-state index contributed by atoms with van der Waals surface area (Å²) in [6, 6.07) is 13.2. The topological polar surface area (TPSA) is 62.2 Å². The average molecular weight is 440 g/mol. The van der Waals surface area contributed by atoms with E-state index in [1.807, 2.05) is 42.5 Å². The van der Waals surface area contributed by atoms with Crippen LogP contribution in [-0.2, 0) is 4.79 Å². The molecule has 5 rings (SSSR count). The van der Waals surface area contributed by atoms with Crippen molar-refractivity contribution < 1.29 is 13.6 Å². The summed E-state index contributed by atoms with van der Waals surface area (Å²) >= 11 is 6.91. The molecule has 1 amide bonds. The fourth-order valence-corrected chi connectivity index (χ4v) is 5.00. The van der Waals surface area contributed by atoms with Crippen LogP contribution in [0, 0.1) is 0 Å². The third kappa shape index (κ3) is 3.77. The second kappa shape index (κ2) is 8.28. The van der Waals surface area contributed by atoms with Gasteiger partial charge in [-0.2, -0.15) is 5.10 Å². The van der Waals surface area contributed by atoms with Crippen LogP contribution in [0.3, 0.4) is 0 Å². The van der Waals surface area contributed by atoms with E-state index in [1.54, 1.807) is 6.26 Å². The number of amides is 1. The van der Waals surface area contributed by atoms with E-state index in [9.17, 15) is 4.79 Å². The minimum absolute atomic E-state index is 0.0888. The smallest absolute Gasteiger partial charge is 0.253 e. The van der Waals surface area contributed by atoms with Crippen LogP contribution in [0.25, 0.3) is 11.0 Å². The first-order valence-electron chi connectivity index (χ1n) is 10.0. The number of benzene rings is 1. The molecule has 0 radical (unpaired) electrons. The molecule has 154 valence electrons. The molecule has 30 heavy (non-hydrogen) atoms. The van der Waals surface area contributed by atoms with Crippen LogP contribution in [0.15, 0.2) is 62.7 Å². The summed E-state index contributed by atoms with van der Waals surface area (Å²) in [6.45, 7) is 1.96. The number of furan rings is 2. The number of hydrogen-bond donors (Lipinski definition) is 0. The monoisotopic (exact) mass is 439 g/mol. The van der Waals surface area contributed by atoms with Gasteiger partial charge in [0.1, 0.15) is 27.4 Å². The zero-order valence-electron chi connectivity index (χ0n) is 16.3. The number of hydrazone groups is 1. The Hall–Kier alpha value is -2.58. The van der Waals surface area contributed by atoms with Gasteiger partial charge in [-0.15, -0.1) is 0 Å². The first-order chi connectivity index (χ1) is 14.7. The highest BCUT2D eigenvalue weighted by atomic mass is 32.2. The predicted octanol–water partition coefficient (Wildman–Crippen LogP) is 4.82. The van der Waals surface area contributed by atoms with Gasteiger partial charge in [0, 0.05) is 24.9 Å². The summed E-state index contributed by atoms with van der Waals surface area (Å²) in [5.74, 6) is 1.56. The molecule has 1 fully saturated rings. The van der Waals surface area contributed by atoms with Crippen LogP contribution in [-0.4, -0.2) is 44.7 Å². The van der Waals surface area contributed by atoms with E-state index in [1.165, 1.54) is 16.8 Å². The average Bonchev–Trinajstić information content (AvgIpc) is 3.56. The van der Waals surface area contributed by atoms with Crippen molar-refractivity contribution in [2.75, 3.05) is 18.8 Å². The van der Waals surface area contributed by atoms with Gasteiger partial charge >= 0.3 is 0 Å². The highest BCUT2D eigenvalue weighted by Gasteiger charge is 2.36. The lowest BCUT2D eigenvalue weighted by Gasteiger charge is -2.21. The van der Waals surface area contributed by atoms with Crippen molar-refractivity contribution in [1.29, 1.82) is 0 Å². The van der Waals surface area contributed by atoms with Crippen molar-refractivity contribution in [3.05, 3.63) is 60.2 Å². The van der Waals surface area contributed by atoms with Crippen molar-refractivity contribution in [3.63, 3.8) is 0 Å². The molecule has 1 atom stereocenters. The lowest BCUT2D eigenvalue weighted by molar-refractivity contribution is -0.130. The number of carbonyl (C=O) groups excluding carboxylic acids is 1. The lowest BCUT2D eigenvalue weighted by Crippen LogP contribution is -2.30. The van der Waals surface area contributed by atoms with Gasteiger partial charge in [-0.3, -0.25) is 4.79 Å². The van der Waals surface area contributed by atoms with Crippen LogP contribution in [0.2, 0.25) is 0 Å². The summed E-state index contributed by atoms with van der Waals surface area (Å²) in [5, 5.41) is 7.19. The third-order valence-electron chi connectivity index (χ3n) is 5.43. The number of nitrogens with zero attached hydrogens (tertiary/aromatic N) is 3. The Kier molecular flexibility index (Phi) is 5.35. The molecule has 0 aliphatic carbocycles. The molecule has 1 saturated heterocycles. The molecule has 0 saturated carbocycles. The molecular weight excluding hydrogens is 418 g/mol. The number of fused-ring (bicyclic) bond motifs is 1. The summed E-state index contributed by atoms with van der Waals surface area (Å²) in [5.41, 5.74) is 1.55. The van der Waals surface area contributed by atoms with E-state index >= 15 is 0 Å². The molecule has 2 aliphatic rings. The van der Waals surface area contributed by atoms with Gasteiger partial charge < -0.3 is 13.7 Å². The lowest BCUT2D eigenvalue weighted by atomic mass is 10.1. The number of para-hydroxylation sites is 1. The van der Waals surface area contributed by atoms with Gasteiger partial charge in [0.15, 0.2) is 5.76 Å². The maximum Gasteiger partial charge on any atom is 0.253 e. The summed E-state index contributed by atoms with van der Waals surface area (Å²) in [4.78, 5) is 15.2. The van der Waals surface area contributed by atoms with E-state index in [4.69, 9.17) is 21.1 Å². The summed E-state index contributed by atoms with van der Waals surface area (Å²) in [6.07, 6.45) is 4.48. The Morgan fingerprint density at radius 3 is 2.80 bits per heavy atom. The predicted molar refractivity (Wildman–Crippen MR) is 122 cm³/mol.